The van der Waals surface area contributed by atoms with Gasteiger partial charge in [-0.05, 0) is 6.07 Å². The van der Waals surface area contributed by atoms with Crippen LogP contribution in [0, 0.1) is 0 Å². The number of carbonyl (C=O) groups excluding carboxylic acids is 1. The van der Waals surface area contributed by atoms with Crippen molar-refractivity contribution in [2.75, 3.05) is 7.11 Å². The average Bonchev–Trinajstić information content (AvgIpc) is 2.05. The maximum Gasteiger partial charge on any atom is 1.00 e. The van der Waals surface area contributed by atoms with Crippen LogP contribution in [-0.2, 0) is 0 Å². The van der Waals surface area contributed by atoms with Crippen molar-refractivity contribution < 1.29 is 44.2 Å². The van der Waals surface area contributed by atoms with Crippen LogP contribution in [0.4, 0.5) is 0 Å². The molecule has 0 heterocycles. The maximum absolute atomic E-state index is 10.9. The van der Waals surface area contributed by atoms with Crippen LogP contribution in [0.5, 0.6) is 11.5 Å². The second kappa shape index (κ2) is 5.19. The summed E-state index contributed by atoms with van der Waals surface area (Å²) in [7, 11) is 1.39. The van der Waals surface area contributed by atoms with E-state index in [4.69, 9.17) is 4.74 Å². The van der Waals surface area contributed by atoms with Crippen LogP contribution in [-0.4, -0.2) is 13.4 Å². The Bertz CT molecular complexity index is 273. The number of carbonyl (C=O) groups is 1. The van der Waals surface area contributed by atoms with Crippen LogP contribution in [0.25, 0.3) is 0 Å². The van der Waals surface area contributed by atoms with Gasteiger partial charge in [-0.2, -0.15) is 0 Å². The van der Waals surface area contributed by atoms with Gasteiger partial charge in [0.25, 0.3) is 0 Å². The molecule has 0 aliphatic rings. The van der Waals surface area contributed by atoms with Crippen LogP contribution >= 0.6 is 0 Å². The van der Waals surface area contributed by atoms with Crippen molar-refractivity contribution in [3.8, 4) is 11.5 Å². The zero-order chi connectivity index (χ0) is 8.27. The summed E-state index contributed by atoms with van der Waals surface area (Å²) < 4.78 is 4.72. The standard InChI is InChI=1S/C8H8O3.Na/c1-11-8-4-6(5-9)2-3-7(8)10;/h2-5,10H,1H3;/q;+1/p-1. The third kappa shape index (κ3) is 2.52. The Morgan fingerprint density at radius 2 is 2.17 bits per heavy atom. The monoisotopic (exact) mass is 174 g/mol. The minimum atomic E-state index is -0.210. The predicted molar refractivity (Wildman–Crippen MR) is 37.8 cm³/mol. The molecule has 0 aliphatic carbocycles. The SMILES string of the molecule is COc1cc(C=O)ccc1[O-].[Na+]. The number of aldehydes is 1. The topological polar surface area (TPSA) is 49.4 Å². The van der Waals surface area contributed by atoms with Gasteiger partial charge in [-0.1, -0.05) is 17.9 Å². The largest absolute Gasteiger partial charge is 1.00 e. The molecule has 0 aromatic heterocycles. The van der Waals surface area contributed by atoms with Crippen LogP contribution < -0.4 is 39.4 Å². The van der Waals surface area contributed by atoms with Crippen LogP contribution in [0.3, 0.4) is 0 Å². The van der Waals surface area contributed by atoms with Crippen molar-refractivity contribution in [3.05, 3.63) is 23.8 Å². The van der Waals surface area contributed by atoms with Crippen molar-refractivity contribution in [1.29, 1.82) is 0 Å². The number of hydrogen-bond acceptors (Lipinski definition) is 3. The summed E-state index contributed by atoms with van der Waals surface area (Å²) in [5.41, 5.74) is 0.446. The zero-order valence-corrected chi connectivity index (χ0v) is 9.03. The van der Waals surface area contributed by atoms with Crippen molar-refractivity contribution in [3.63, 3.8) is 0 Å². The molecule has 0 amide bonds. The molecule has 0 aliphatic heterocycles. The number of ether oxygens (including phenoxy) is 1. The first kappa shape index (κ1) is 11.5. The Balaban J connectivity index is 0.00000121. The van der Waals surface area contributed by atoms with E-state index in [-0.39, 0.29) is 41.1 Å². The molecule has 0 saturated carbocycles. The van der Waals surface area contributed by atoms with Gasteiger partial charge in [0.05, 0.1) is 7.11 Å². The molecule has 0 unspecified atom stereocenters. The first-order valence-electron chi connectivity index (χ1n) is 3.08. The third-order valence-corrected chi connectivity index (χ3v) is 1.32. The minimum absolute atomic E-state index is 0. The molecule has 0 bridgehead atoms. The van der Waals surface area contributed by atoms with Gasteiger partial charge < -0.3 is 9.84 Å². The third-order valence-electron chi connectivity index (χ3n) is 1.32. The molecule has 58 valence electrons. The maximum atomic E-state index is 10.9. The van der Waals surface area contributed by atoms with Crippen molar-refractivity contribution in [2.45, 2.75) is 0 Å². The Labute approximate surface area is 92.6 Å². The second-order valence-electron chi connectivity index (χ2n) is 2.03. The van der Waals surface area contributed by atoms with Crippen LogP contribution in [0.1, 0.15) is 10.4 Å². The van der Waals surface area contributed by atoms with Gasteiger partial charge in [0.15, 0.2) is 0 Å². The molecule has 4 heteroatoms. The summed E-state index contributed by atoms with van der Waals surface area (Å²) in [5.74, 6) is -0.00676. The van der Waals surface area contributed by atoms with Crippen molar-refractivity contribution >= 4 is 6.29 Å². The molecule has 1 aromatic carbocycles. The summed E-state index contributed by atoms with van der Waals surface area (Å²) in [5, 5.41) is 10.9. The summed E-state index contributed by atoms with van der Waals surface area (Å²) in [6.45, 7) is 0. The van der Waals surface area contributed by atoms with E-state index in [0.717, 1.165) is 0 Å². The van der Waals surface area contributed by atoms with Gasteiger partial charge >= 0.3 is 29.6 Å². The minimum Gasteiger partial charge on any atom is -0.870 e. The summed E-state index contributed by atoms with van der Waals surface area (Å²) in [6, 6.07) is 4.18. The molecule has 1 aromatic rings. The van der Waals surface area contributed by atoms with Crippen molar-refractivity contribution in [1.82, 2.24) is 0 Å². The van der Waals surface area contributed by atoms with E-state index in [0.29, 0.717) is 11.8 Å². The first-order valence-corrected chi connectivity index (χ1v) is 3.08. The van der Waals surface area contributed by atoms with Gasteiger partial charge in [-0.3, -0.25) is 4.79 Å². The zero-order valence-electron chi connectivity index (χ0n) is 7.03. The molecule has 1 rings (SSSR count). The van der Waals surface area contributed by atoms with Gasteiger partial charge in [0, 0.05) is 5.56 Å². The molecule has 12 heavy (non-hydrogen) atoms. The quantitative estimate of drug-likeness (QED) is 0.370. The van der Waals surface area contributed by atoms with E-state index in [1.165, 1.54) is 25.3 Å². The van der Waals surface area contributed by atoms with E-state index in [2.05, 4.69) is 0 Å². The molecule has 0 saturated heterocycles. The fourth-order valence-corrected chi connectivity index (χ4v) is 0.757. The van der Waals surface area contributed by atoms with E-state index >= 15 is 0 Å². The normalized spacial score (nSPS) is 8.42. The van der Waals surface area contributed by atoms with E-state index in [1.807, 2.05) is 0 Å². The van der Waals surface area contributed by atoms with Gasteiger partial charge in [0.1, 0.15) is 12.0 Å². The summed E-state index contributed by atoms with van der Waals surface area (Å²) in [6.07, 6.45) is 0.669. The number of hydrogen-bond donors (Lipinski definition) is 0. The Kier molecular flexibility index (Phi) is 4.97. The smallest absolute Gasteiger partial charge is 0.870 e. The summed E-state index contributed by atoms with van der Waals surface area (Å²) >= 11 is 0. The molecular weight excluding hydrogens is 167 g/mol. The predicted octanol–water partition coefficient (Wildman–Crippen LogP) is -2.41. The first-order chi connectivity index (χ1) is 5.27. The fraction of sp³-hybridized carbons (Fsp3) is 0.125. The Morgan fingerprint density at radius 1 is 1.50 bits per heavy atom. The average molecular weight is 174 g/mol. The number of methoxy groups -OCH3 is 1. The number of rotatable bonds is 2. The van der Waals surface area contributed by atoms with E-state index < -0.39 is 0 Å². The molecule has 0 spiro atoms. The molecule has 0 radical (unpaired) electrons. The molecule has 0 atom stereocenters. The fourth-order valence-electron chi connectivity index (χ4n) is 0.757. The van der Waals surface area contributed by atoms with Crippen molar-refractivity contribution in [2.24, 2.45) is 0 Å². The van der Waals surface area contributed by atoms with Gasteiger partial charge in [0.2, 0.25) is 0 Å². The Morgan fingerprint density at radius 3 is 2.67 bits per heavy atom. The second-order valence-corrected chi connectivity index (χ2v) is 2.03. The molecule has 3 nitrogen and oxygen atoms in total. The van der Waals surface area contributed by atoms with E-state index in [1.54, 1.807) is 0 Å². The molecular formula is C8H7NaO3. The van der Waals surface area contributed by atoms with Gasteiger partial charge in [-0.15, -0.1) is 0 Å². The Hall–Kier alpha value is -0.510. The summed E-state index contributed by atoms with van der Waals surface area (Å²) in [4.78, 5) is 10.2. The van der Waals surface area contributed by atoms with Crippen LogP contribution in [0.15, 0.2) is 18.2 Å². The number of benzene rings is 1. The van der Waals surface area contributed by atoms with E-state index in [9.17, 15) is 9.90 Å². The molecule has 0 fully saturated rings. The molecule has 0 N–H and O–H groups in total. The van der Waals surface area contributed by atoms with Crippen LogP contribution in [0.2, 0.25) is 0 Å². The van der Waals surface area contributed by atoms with Gasteiger partial charge in [-0.25, -0.2) is 0 Å².